The van der Waals surface area contributed by atoms with E-state index >= 15 is 0 Å². The Balaban J connectivity index is 1.58. The van der Waals surface area contributed by atoms with Crippen molar-refractivity contribution in [1.82, 2.24) is 15.3 Å². The standard InChI is InChI=1S/C22H17ClN4O/c23-14-5-7-15(8-6-14)25-20-9-4-13-2-1-3-16(21(13)27-20)19-12-17-18(26-19)10-11-24-22(17)28/h1-9,12,26H,10-11H2,(H,24,28)(H,25,27). The molecule has 0 atom stereocenters. The van der Waals surface area contributed by atoms with Gasteiger partial charge >= 0.3 is 0 Å². The average Bonchev–Trinajstić information content (AvgIpc) is 3.15. The molecule has 3 N–H and O–H groups in total. The number of benzene rings is 2. The second-order valence-corrected chi connectivity index (χ2v) is 7.22. The molecule has 0 bridgehead atoms. The molecular weight excluding hydrogens is 372 g/mol. The number of aromatic nitrogens is 2. The molecule has 0 unspecified atom stereocenters. The topological polar surface area (TPSA) is 69.8 Å². The lowest BCUT2D eigenvalue weighted by atomic mass is 10.1. The molecule has 138 valence electrons. The maximum atomic E-state index is 12.1. The van der Waals surface area contributed by atoms with Crippen LogP contribution in [0, 0.1) is 0 Å². The number of rotatable bonds is 3. The Morgan fingerprint density at radius 3 is 2.68 bits per heavy atom. The normalized spacial score (nSPS) is 13.2. The van der Waals surface area contributed by atoms with Crippen LogP contribution in [0.1, 0.15) is 16.1 Å². The fraction of sp³-hybridized carbons (Fsp3) is 0.0909. The summed E-state index contributed by atoms with van der Waals surface area (Å²) in [6.45, 7) is 0.661. The third kappa shape index (κ3) is 3.00. The molecule has 2 aromatic heterocycles. The fourth-order valence-electron chi connectivity index (χ4n) is 3.55. The van der Waals surface area contributed by atoms with E-state index in [0.717, 1.165) is 45.8 Å². The van der Waals surface area contributed by atoms with Crippen LogP contribution in [0.15, 0.2) is 60.7 Å². The van der Waals surface area contributed by atoms with Crippen LogP contribution < -0.4 is 10.6 Å². The monoisotopic (exact) mass is 388 g/mol. The van der Waals surface area contributed by atoms with Crippen molar-refractivity contribution in [2.75, 3.05) is 11.9 Å². The summed E-state index contributed by atoms with van der Waals surface area (Å²) in [6, 6.07) is 19.5. The number of hydrogen-bond acceptors (Lipinski definition) is 3. The fourth-order valence-corrected chi connectivity index (χ4v) is 3.68. The molecule has 4 aromatic rings. The smallest absolute Gasteiger partial charge is 0.253 e. The molecule has 28 heavy (non-hydrogen) atoms. The number of amides is 1. The first-order valence-electron chi connectivity index (χ1n) is 9.10. The highest BCUT2D eigenvalue weighted by molar-refractivity contribution is 6.30. The third-order valence-corrected chi connectivity index (χ3v) is 5.18. The van der Waals surface area contributed by atoms with E-state index in [1.807, 2.05) is 60.7 Å². The molecule has 5 rings (SSSR count). The Morgan fingerprint density at radius 2 is 1.86 bits per heavy atom. The molecule has 0 fully saturated rings. The predicted octanol–water partition coefficient (Wildman–Crippen LogP) is 4.91. The van der Waals surface area contributed by atoms with E-state index in [0.29, 0.717) is 17.1 Å². The van der Waals surface area contributed by atoms with E-state index in [1.54, 1.807) is 0 Å². The third-order valence-electron chi connectivity index (χ3n) is 4.93. The maximum Gasteiger partial charge on any atom is 0.253 e. The summed E-state index contributed by atoms with van der Waals surface area (Å²) in [5.74, 6) is 0.721. The van der Waals surface area contributed by atoms with Gasteiger partial charge < -0.3 is 15.6 Å². The lowest BCUT2D eigenvalue weighted by Crippen LogP contribution is -2.31. The SMILES string of the molecule is O=C1NCCc2[nH]c(-c3cccc4ccc(Nc5ccc(Cl)cc5)nc34)cc21. The molecule has 0 saturated carbocycles. The first-order chi connectivity index (χ1) is 13.7. The highest BCUT2D eigenvalue weighted by atomic mass is 35.5. The van der Waals surface area contributed by atoms with Crippen LogP contribution in [0.5, 0.6) is 0 Å². The summed E-state index contributed by atoms with van der Waals surface area (Å²) in [6.07, 6.45) is 0.808. The Kier molecular flexibility index (Phi) is 4.02. The van der Waals surface area contributed by atoms with Crippen molar-refractivity contribution < 1.29 is 4.79 Å². The van der Waals surface area contributed by atoms with Crippen LogP contribution in [-0.2, 0) is 6.42 Å². The minimum absolute atomic E-state index is 0.0259. The number of para-hydroxylation sites is 1. The van der Waals surface area contributed by atoms with Crippen LogP contribution >= 0.6 is 11.6 Å². The van der Waals surface area contributed by atoms with Gasteiger partial charge in [0, 0.05) is 46.0 Å². The Hall–Kier alpha value is -3.31. The van der Waals surface area contributed by atoms with Crippen molar-refractivity contribution >= 4 is 39.9 Å². The van der Waals surface area contributed by atoms with Crippen LogP contribution in [0.25, 0.3) is 22.2 Å². The lowest BCUT2D eigenvalue weighted by Gasteiger charge is -2.11. The molecule has 6 heteroatoms. The van der Waals surface area contributed by atoms with Gasteiger partial charge in [-0.25, -0.2) is 4.98 Å². The number of anilines is 2. The zero-order chi connectivity index (χ0) is 19.1. The molecule has 0 radical (unpaired) electrons. The number of fused-ring (bicyclic) bond motifs is 2. The maximum absolute atomic E-state index is 12.1. The summed E-state index contributed by atoms with van der Waals surface area (Å²) in [5, 5.41) is 7.93. The number of H-pyrrole nitrogens is 1. The number of halogens is 1. The van der Waals surface area contributed by atoms with Crippen molar-refractivity contribution in [2.24, 2.45) is 0 Å². The number of aromatic amines is 1. The van der Waals surface area contributed by atoms with Crippen molar-refractivity contribution in [1.29, 1.82) is 0 Å². The molecule has 1 aliphatic heterocycles. The quantitative estimate of drug-likeness (QED) is 0.467. The zero-order valence-electron chi connectivity index (χ0n) is 14.9. The van der Waals surface area contributed by atoms with Crippen LogP contribution in [-0.4, -0.2) is 22.4 Å². The summed E-state index contributed by atoms with van der Waals surface area (Å²) < 4.78 is 0. The summed E-state index contributed by atoms with van der Waals surface area (Å²) in [7, 11) is 0. The molecule has 1 amide bonds. The van der Waals surface area contributed by atoms with Gasteiger partial charge in [0.1, 0.15) is 5.82 Å². The molecule has 1 aliphatic rings. The van der Waals surface area contributed by atoms with Crippen molar-refractivity contribution in [3.63, 3.8) is 0 Å². The second kappa shape index (κ2) is 6.69. The van der Waals surface area contributed by atoms with E-state index in [-0.39, 0.29) is 5.91 Å². The number of nitrogens with one attached hydrogen (secondary N) is 3. The molecule has 5 nitrogen and oxygen atoms in total. The zero-order valence-corrected chi connectivity index (χ0v) is 15.7. The van der Waals surface area contributed by atoms with Gasteiger partial charge in [-0.2, -0.15) is 0 Å². The average molecular weight is 389 g/mol. The number of carbonyl (C=O) groups is 1. The summed E-state index contributed by atoms with van der Waals surface area (Å²) >= 11 is 5.96. The van der Waals surface area contributed by atoms with Gasteiger partial charge in [0.05, 0.1) is 11.1 Å². The lowest BCUT2D eigenvalue weighted by molar-refractivity contribution is 0.0946. The Bertz CT molecular complexity index is 1200. The van der Waals surface area contributed by atoms with Gasteiger partial charge in [-0.3, -0.25) is 4.79 Å². The number of pyridine rings is 1. The van der Waals surface area contributed by atoms with Gasteiger partial charge in [0.15, 0.2) is 0 Å². The van der Waals surface area contributed by atoms with E-state index in [9.17, 15) is 4.79 Å². The molecular formula is C22H17ClN4O. The molecule has 0 spiro atoms. The minimum atomic E-state index is -0.0259. The van der Waals surface area contributed by atoms with Crippen LogP contribution in [0.4, 0.5) is 11.5 Å². The van der Waals surface area contributed by atoms with Gasteiger partial charge in [0.2, 0.25) is 0 Å². The van der Waals surface area contributed by atoms with Crippen LogP contribution in [0.2, 0.25) is 5.02 Å². The number of hydrogen-bond donors (Lipinski definition) is 3. The van der Waals surface area contributed by atoms with Crippen molar-refractivity contribution in [3.05, 3.63) is 76.9 Å². The van der Waals surface area contributed by atoms with Gasteiger partial charge in [-0.1, -0.05) is 29.8 Å². The Morgan fingerprint density at radius 1 is 1.00 bits per heavy atom. The minimum Gasteiger partial charge on any atom is -0.358 e. The van der Waals surface area contributed by atoms with Crippen molar-refractivity contribution in [3.8, 4) is 11.3 Å². The van der Waals surface area contributed by atoms with Gasteiger partial charge in [-0.15, -0.1) is 0 Å². The van der Waals surface area contributed by atoms with Gasteiger partial charge in [0.25, 0.3) is 5.91 Å². The first kappa shape index (κ1) is 16.8. The molecule has 3 heterocycles. The molecule has 0 aliphatic carbocycles. The number of nitrogens with zero attached hydrogens (tertiary/aromatic N) is 1. The summed E-state index contributed by atoms with van der Waals surface area (Å²) in [5.41, 5.74) is 5.37. The second-order valence-electron chi connectivity index (χ2n) is 6.79. The van der Waals surface area contributed by atoms with E-state index in [4.69, 9.17) is 16.6 Å². The van der Waals surface area contributed by atoms with Crippen molar-refractivity contribution in [2.45, 2.75) is 6.42 Å². The largest absolute Gasteiger partial charge is 0.358 e. The number of carbonyl (C=O) groups excluding carboxylic acids is 1. The Labute approximate surface area is 166 Å². The van der Waals surface area contributed by atoms with Gasteiger partial charge in [-0.05, 0) is 42.5 Å². The van der Waals surface area contributed by atoms with E-state index < -0.39 is 0 Å². The molecule has 0 saturated heterocycles. The highest BCUT2D eigenvalue weighted by Gasteiger charge is 2.20. The molecule has 2 aromatic carbocycles. The van der Waals surface area contributed by atoms with E-state index in [2.05, 4.69) is 15.6 Å². The first-order valence-corrected chi connectivity index (χ1v) is 9.48. The summed E-state index contributed by atoms with van der Waals surface area (Å²) in [4.78, 5) is 20.4. The highest BCUT2D eigenvalue weighted by Crippen LogP contribution is 2.30. The predicted molar refractivity (Wildman–Crippen MR) is 112 cm³/mol. The van der Waals surface area contributed by atoms with E-state index in [1.165, 1.54) is 0 Å². The van der Waals surface area contributed by atoms with Crippen LogP contribution in [0.3, 0.4) is 0 Å².